The van der Waals surface area contributed by atoms with Crippen molar-refractivity contribution in [3.05, 3.63) is 77.5 Å². The lowest BCUT2D eigenvalue weighted by atomic mass is 10.1. The molecule has 0 aliphatic heterocycles. The van der Waals surface area contributed by atoms with Crippen LogP contribution in [0.3, 0.4) is 0 Å². The molecule has 0 atom stereocenters. The van der Waals surface area contributed by atoms with Gasteiger partial charge in [-0.1, -0.05) is 30.3 Å². The van der Waals surface area contributed by atoms with Crippen LogP contribution in [0.5, 0.6) is 0 Å². The van der Waals surface area contributed by atoms with Gasteiger partial charge >= 0.3 is 0 Å². The number of anilines is 1. The number of benzene rings is 2. The number of Topliss-reactive ketones (excluding diaryl/α,β-unsaturated/α-hetero) is 1. The average molecular weight is 434 g/mol. The lowest BCUT2D eigenvalue weighted by Gasteiger charge is -2.09. The Morgan fingerprint density at radius 1 is 1.06 bits per heavy atom. The van der Waals surface area contributed by atoms with Crippen molar-refractivity contribution in [3.63, 3.8) is 0 Å². The van der Waals surface area contributed by atoms with E-state index in [-0.39, 0.29) is 28.9 Å². The molecule has 0 saturated heterocycles. The van der Waals surface area contributed by atoms with Crippen LogP contribution in [0.1, 0.15) is 35.0 Å². The first kappa shape index (κ1) is 21.3. The van der Waals surface area contributed by atoms with Crippen LogP contribution < -0.4 is 5.32 Å². The number of carbonyl (C=O) groups excluding carboxylic acids is 2. The number of fused-ring (bicyclic) bond motifs is 1. The molecule has 0 spiro atoms. The number of rotatable bonds is 6. The van der Waals surface area contributed by atoms with Gasteiger partial charge in [0.25, 0.3) is 6.43 Å². The van der Waals surface area contributed by atoms with Gasteiger partial charge in [-0.2, -0.15) is 5.10 Å². The van der Waals surface area contributed by atoms with Crippen LogP contribution in [-0.2, 0) is 11.3 Å². The molecule has 4 aromatic rings. The van der Waals surface area contributed by atoms with E-state index in [0.29, 0.717) is 28.2 Å². The van der Waals surface area contributed by atoms with Gasteiger partial charge in [-0.15, -0.1) is 0 Å². The van der Waals surface area contributed by atoms with E-state index in [0.717, 1.165) is 0 Å². The number of nitrogens with zero attached hydrogens (tertiary/aromatic N) is 3. The number of aryl methyl sites for hydroxylation is 1. The summed E-state index contributed by atoms with van der Waals surface area (Å²) in [5, 5.41) is 7.28. The van der Waals surface area contributed by atoms with Crippen molar-refractivity contribution in [2.45, 2.75) is 26.8 Å². The molecule has 6 nitrogen and oxygen atoms in total. The van der Waals surface area contributed by atoms with Gasteiger partial charge in [0.2, 0.25) is 5.91 Å². The Morgan fingerprint density at radius 3 is 2.38 bits per heavy atom. The third-order valence-corrected chi connectivity index (χ3v) is 5.08. The second-order valence-corrected chi connectivity index (χ2v) is 7.39. The van der Waals surface area contributed by atoms with E-state index in [1.54, 1.807) is 55.5 Å². The monoisotopic (exact) mass is 434 g/mol. The SMILES string of the molecule is CC(=O)c1ccc(NC(=O)Cn2nc(C)c3c(C(F)F)cc(-c4ccccc4)nc32)cc1. The van der Waals surface area contributed by atoms with Crippen LogP contribution in [0, 0.1) is 6.92 Å². The minimum atomic E-state index is -2.71. The first-order valence-electron chi connectivity index (χ1n) is 9.96. The van der Waals surface area contributed by atoms with Crippen LogP contribution >= 0.6 is 0 Å². The molecular weight excluding hydrogens is 414 g/mol. The van der Waals surface area contributed by atoms with Gasteiger partial charge in [-0.25, -0.2) is 18.4 Å². The molecular formula is C24H20F2N4O2. The van der Waals surface area contributed by atoms with Crippen LogP contribution in [0.25, 0.3) is 22.3 Å². The summed E-state index contributed by atoms with van der Waals surface area (Å²) in [5.41, 5.74) is 2.56. The summed E-state index contributed by atoms with van der Waals surface area (Å²) >= 11 is 0. The van der Waals surface area contributed by atoms with Crippen molar-refractivity contribution in [3.8, 4) is 11.3 Å². The Kier molecular flexibility index (Phi) is 5.77. The molecule has 1 N–H and O–H groups in total. The molecule has 0 saturated carbocycles. The first-order valence-corrected chi connectivity index (χ1v) is 9.96. The topological polar surface area (TPSA) is 76.9 Å². The highest BCUT2D eigenvalue weighted by molar-refractivity contribution is 5.96. The van der Waals surface area contributed by atoms with Crippen molar-refractivity contribution in [2.24, 2.45) is 0 Å². The van der Waals surface area contributed by atoms with Crippen LogP contribution in [0.2, 0.25) is 0 Å². The Hall–Kier alpha value is -3.94. The molecule has 2 aromatic carbocycles. The number of hydrogen-bond donors (Lipinski definition) is 1. The Bertz CT molecular complexity index is 1300. The first-order chi connectivity index (χ1) is 15.3. The average Bonchev–Trinajstić information content (AvgIpc) is 3.09. The summed E-state index contributed by atoms with van der Waals surface area (Å²) in [5.74, 6) is -0.466. The predicted octanol–water partition coefficient (Wildman–Crippen LogP) is 5.19. The molecule has 162 valence electrons. The summed E-state index contributed by atoms with van der Waals surface area (Å²) in [7, 11) is 0. The molecule has 2 aromatic heterocycles. The standard InChI is InChI=1S/C24H20F2N4O2/c1-14-22-19(23(25)26)12-20(17-6-4-3-5-7-17)28-24(22)30(29-14)13-21(32)27-18-10-8-16(9-11-18)15(2)31/h3-12,23H,13H2,1-2H3,(H,27,32). The predicted molar refractivity (Wildman–Crippen MR) is 118 cm³/mol. The maximum atomic E-state index is 13.9. The van der Waals surface area contributed by atoms with E-state index in [2.05, 4.69) is 15.4 Å². The Labute approximate surface area is 182 Å². The van der Waals surface area contributed by atoms with E-state index >= 15 is 0 Å². The fraction of sp³-hybridized carbons (Fsp3) is 0.167. The van der Waals surface area contributed by atoms with Crippen molar-refractivity contribution in [1.82, 2.24) is 14.8 Å². The molecule has 0 aliphatic rings. The van der Waals surface area contributed by atoms with Gasteiger partial charge in [0.1, 0.15) is 6.54 Å². The Morgan fingerprint density at radius 2 is 1.75 bits per heavy atom. The van der Waals surface area contributed by atoms with Gasteiger partial charge in [-0.05, 0) is 44.2 Å². The number of amides is 1. The third kappa shape index (κ3) is 4.25. The number of hydrogen-bond acceptors (Lipinski definition) is 4. The summed E-state index contributed by atoms with van der Waals surface area (Å²) in [6.07, 6.45) is -2.71. The van der Waals surface area contributed by atoms with Crippen molar-refractivity contribution >= 4 is 28.4 Å². The van der Waals surface area contributed by atoms with Crippen molar-refractivity contribution in [1.29, 1.82) is 0 Å². The molecule has 0 bridgehead atoms. The number of halogens is 2. The second kappa shape index (κ2) is 8.66. The summed E-state index contributed by atoms with van der Waals surface area (Å²) in [4.78, 5) is 28.6. The second-order valence-electron chi connectivity index (χ2n) is 7.39. The molecule has 2 heterocycles. The maximum Gasteiger partial charge on any atom is 0.264 e. The minimum Gasteiger partial charge on any atom is -0.324 e. The normalized spacial score (nSPS) is 11.2. The molecule has 1 amide bonds. The number of carbonyl (C=O) groups is 2. The molecule has 0 fully saturated rings. The minimum absolute atomic E-state index is 0.0727. The maximum absolute atomic E-state index is 13.9. The molecule has 32 heavy (non-hydrogen) atoms. The highest BCUT2D eigenvalue weighted by atomic mass is 19.3. The quantitative estimate of drug-likeness (QED) is 0.424. The number of nitrogens with one attached hydrogen (secondary N) is 1. The zero-order valence-electron chi connectivity index (χ0n) is 17.5. The highest BCUT2D eigenvalue weighted by Crippen LogP contribution is 2.33. The zero-order chi connectivity index (χ0) is 22.8. The molecule has 4 rings (SSSR count). The molecule has 8 heteroatoms. The van der Waals surface area contributed by atoms with Crippen LogP contribution in [0.15, 0.2) is 60.7 Å². The smallest absolute Gasteiger partial charge is 0.264 e. The lowest BCUT2D eigenvalue weighted by Crippen LogP contribution is -2.20. The fourth-order valence-corrected chi connectivity index (χ4v) is 3.55. The Balaban J connectivity index is 1.68. The fourth-order valence-electron chi connectivity index (χ4n) is 3.55. The van der Waals surface area contributed by atoms with E-state index in [1.165, 1.54) is 17.7 Å². The largest absolute Gasteiger partial charge is 0.324 e. The summed E-state index contributed by atoms with van der Waals surface area (Å²) in [6, 6.07) is 16.9. The number of ketones is 1. The molecule has 0 radical (unpaired) electrons. The van der Waals surface area contributed by atoms with Gasteiger partial charge < -0.3 is 5.32 Å². The van der Waals surface area contributed by atoms with E-state index in [1.807, 2.05) is 6.07 Å². The number of pyridine rings is 1. The van der Waals surface area contributed by atoms with E-state index < -0.39 is 12.3 Å². The summed E-state index contributed by atoms with van der Waals surface area (Å²) < 4.78 is 29.0. The van der Waals surface area contributed by atoms with Gasteiger partial charge in [0.05, 0.1) is 16.8 Å². The van der Waals surface area contributed by atoms with Gasteiger partial charge in [0, 0.05) is 22.4 Å². The third-order valence-electron chi connectivity index (χ3n) is 5.08. The van der Waals surface area contributed by atoms with Gasteiger partial charge in [0.15, 0.2) is 11.4 Å². The van der Waals surface area contributed by atoms with Crippen molar-refractivity contribution < 1.29 is 18.4 Å². The van der Waals surface area contributed by atoms with E-state index in [4.69, 9.17) is 0 Å². The number of alkyl halides is 2. The molecule has 0 unspecified atom stereocenters. The molecule has 0 aliphatic carbocycles. The zero-order valence-corrected chi connectivity index (χ0v) is 17.5. The highest BCUT2D eigenvalue weighted by Gasteiger charge is 2.22. The van der Waals surface area contributed by atoms with E-state index in [9.17, 15) is 18.4 Å². The lowest BCUT2D eigenvalue weighted by molar-refractivity contribution is -0.116. The van der Waals surface area contributed by atoms with Gasteiger partial charge in [-0.3, -0.25) is 9.59 Å². The van der Waals surface area contributed by atoms with Crippen molar-refractivity contribution in [2.75, 3.05) is 5.32 Å². The summed E-state index contributed by atoms with van der Waals surface area (Å²) in [6.45, 7) is 2.88. The number of aromatic nitrogens is 3. The van der Waals surface area contributed by atoms with Crippen LogP contribution in [-0.4, -0.2) is 26.5 Å². The van der Waals surface area contributed by atoms with Crippen LogP contribution in [0.4, 0.5) is 14.5 Å².